The first-order chi connectivity index (χ1) is 19.2. The fourth-order valence-electron chi connectivity index (χ4n) is 4.47. The molecule has 1 aromatic carbocycles. The van der Waals surface area contributed by atoms with Gasteiger partial charge >= 0.3 is 18.0 Å². The number of alkyl carbamates (subject to hydrolysis) is 1. The number of aliphatic carboxylic acids is 2. The van der Waals surface area contributed by atoms with E-state index in [0.29, 0.717) is 51.5 Å². The Morgan fingerprint density at radius 3 is 2.38 bits per heavy atom. The highest BCUT2D eigenvalue weighted by molar-refractivity contribution is 5.88. The number of likely N-dealkylation sites (tertiary alicyclic amines) is 1. The topological polar surface area (TPSA) is 198 Å². The molecule has 0 radical (unpaired) electrons. The van der Waals surface area contributed by atoms with Gasteiger partial charge in [0, 0.05) is 13.1 Å². The van der Waals surface area contributed by atoms with Crippen molar-refractivity contribution in [3.63, 3.8) is 0 Å². The van der Waals surface area contributed by atoms with E-state index in [-0.39, 0.29) is 38.0 Å². The van der Waals surface area contributed by atoms with Crippen LogP contribution in [0.1, 0.15) is 56.9 Å². The van der Waals surface area contributed by atoms with Crippen molar-refractivity contribution >= 4 is 23.9 Å². The van der Waals surface area contributed by atoms with Crippen LogP contribution in [0.15, 0.2) is 30.3 Å². The molecule has 3 unspecified atom stereocenters. The van der Waals surface area contributed by atoms with Crippen molar-refractivity contribution in [3.05, 3.63) is 35.9 Å². The third-order valence-corrected chi connectivity index (χ3v) is 6.55. The number of carbonyl (C=O) groups is 4. The van der Waals surface area contributed by atoms with Crippen LogP contribution in [-0.2, 0) is 30.4 Å². The Morgan fingerprint density at radius 2 is 1.70 bits per heavy atom. The summed E-state index contributed by atoms with van der Waals surface area (Å²) in [7, 11) is 0. The summed E-state index contributed by atoms with van der Waals surface area (Å²) in [4.78, 5) is 54.6. The summed E-state index contributed by atoms with van der Waals surface area (Å²) in [5.74, 6) is -2.61. The standard InChI is InChI=1S/C26H40N4O10/c31-23(29-16-8-12-22(29)25(34)35)20(28-21(24(32)33)14-13-19-9-2-1-3-10-19)11-4-5-15-27-26(36)39-17-6-7-18-40-30(37)38/h1-3,9-10,20-22,28,37-38H,4-8,11-18H2,(H,27,36)(H,32,33)(H,34,35). The third kappa shape index (κ3) is 12.3. The number of carboxylic acids is 2. The van der Waals surface area contributed by atoms with Gasteiger partial charge in [-0.05, 0) is 63.4 Å². The Bertz CT molecular complexity index is 933. The Labute approximate surface area is 232 Å². The molecule has 14 nitrogen and oxygen atoms in total. The van der Waals surface area contributed by atoms with E-state index in [1.54, 1.807) is 0 Å². The molecule has 0 bridgehead atoms. The lowest BCUT2D eigenvalue weighted by Crippen LogP contribution is -2.54. The first kappa shape index (κ1) is 32.9. The smallest absolute Gasteiger partial charge is 0.407 e. The Morgan fingerprint density at radius 1 is 0.975 bits per heavy atom. The molecule has 1 aromatic rings. The minimum absolute atomic E-state index is 0.0472. The van der Waals surface area contributed by atoms with Gasteiger partial charge in [0.1, 0.15) is 12.1 Å². The van der Waals surface area contributed by atoms with E-state index in [1.807, 2.05) is 30.3 Å². The Balaban J connectivity index is 1.86. The maximum atomic E-state index is 13.4. The van der Waals surface area contributed by atoms with Gasteiger partial charge in [-0.25, -0.2) is 9.59 Å². The van der Waals surface area contributed by atoms with Gasteiger partial charge in [-0.15, -0.1) is 0 Å². The Kier molecular flexibility index (Phi) is 14.9. The zero-order valence-corrected chi connectivity index (χ0v) is 22.4. The number of ether oxygens (including phenoxy) is 1. The van der Waals surface area contributed by atoms with Crippen molar-refractivity contribution in [1.29, 1.82) is 0 Å². The van der Waals surface area contributed by atoms with Gasteiger partial charge in [-0.1, -0.05) is 30.3 Å². The van der Waals surface area contributed by atoms with E-state index in [2.05, 4.69) is 15.5 Å². The molecule has 1 heterocycles. The van der Waals surface area contributed by atoms with Crippen molar-refractivity contribution < 1.29 is 49.4 Å². The average molecular weight is 569 g/mol. The zero-order valence-electron chi connectivity index (χ0n) is 22.4. The van der Waals surface area contributed by atoms with Crippen LogP contribution in [0, 0.1) is 0 Å². The highest BCUT2D eigenvalue weighted by Gasteiger charge is 2.38. The number of hydrogen-bond donors (Lipinski definition) is 6. The predicted molar refractivity (Wildman–Crippen MR) is 139 cm³/mol. The molecule has 1 aliphatic rings. The summed E-state index contributed by atoms with van der Waals surface area (Å²) in [6.45, 7) is 0.733. The normalized spacial score (nSPS) is 16.5. The van der Waals surface area contributed by atoms with Crippen LogP contribution in [0.2, 0.25) is 0 Å². The molecule has 0 saturated carbocycles. The van der Waals surface area contributed by atoms with E-state index in [4.69, 9.17) is 15.2 Å². The molecule has 6 N–H and O–H groups in total. The number of hydrogen-bond acceptors (Lipinski definition) is 10. The SMILES string of the molecule is O=C(NCCCCC(NC(CCc1ccccc1)C(=O)O)C(=O)N1CCCC1C(=O)O)OCCCCON(O)O. The van der Waals surface area contributed by atoms with Crippen LogP contribution in [0.25, 0.3) is 0 Å². The van der Waals surface area contributed by atoms with E-state index < -0.39 is 42.1 Å². The molecule has 40 heavy (non-hydrogen) atoms. The van der Waals surface area contributed by atoms with E-state index in [1.165, 1.54) is 4.90 Å². The summed E-state index contributed by atoms with van der Waals surface area (Å²) < 4.78 is 5.02. The molecule has 224 valence electrons. The minimum atomic E-state index is -1.09. The maximum absolute atomic E-state index is 13.4. The minimum Gasteiger partial charge on any atom is -0.480 e. The number of unbranched alkanes of at least 4 members (excludes halogenated alkanes) is 2. The number of carbonyl (C=O) groups excluding carboxylic acids is 2. The second-order valence-electron chi connectivity index (χ2n) is 9.51. The highest BCUT2D eigenvalue weighted by atomic mass is 17.1. The van der Waals surface area contributed by atoms with Crippen LogP contribution < -0.4 is 10.6 Å². The lowest BCUT2D eigenvalue weighted by molar-refractivity contribution is -0.492. The van der Waals surface area contributed by atoms with Gasteiger partial charge in [0.15, 0.2) is 0 Å². The van der Waals surface area contributed by atoms with Crippen molar-refractivity contribution in [3.8, 4) is 0 Å². The lowest BCUT2D eigenvalue weighted by atomic mass is 10.0. The first-order valence-electron chi connectivity index (χ1n) is 13.5. The van der Waals surface area contributed by atoms with Crippen molar-refractivity contribution in [2.45, 2.75) is 75.9 Å². The molecule has 1 aliphatic heterocycles. The number of nitrogens with zero attached hydrogens (tertiary/aromatic N) is 2. The molecule has 0 aromatic heterocycles. The molecule has 14 heteroatoms. The van der Waals surface area contributed by atoms with Crippen molar-refractivity contribution in [1.82, 2.24) is 20.9 Å². The van der Waals surface area contributed by atoms with Crippen molar-refractivity contribution in [2.24, 2.45) is 0 Å². The predicted octanol–water partition coefficient (Wildman–Crippen LogP) is 1.79. The van der Waals surface area contributed by atoms with Gasteiger partial charge in [0.05, 0.1) is 24.6 Å². The van der Waals surface area contributed by atoms with Crippen LogP contribution in [-0.4, -0.2) is 99.3 Å². The fraction of sp³-hybridized carbons (Fsp3) is 0.615. The monoisotopic (exact) mass is 568 g/mol. The first-order valence-corrected chi connectivity index (χ1v) is 13.5. The molecule has 3 atom stereocenters. The van der Waals surface area contributed by atoms with E-state index in [0.717, 1.165) is 5.56 Å². The highest BCUT2D eigenvalue weighted by Crippen LogP contribution is 2.20. The fourth-order valence-corrected chi connectivity index (χ4v) is 4.47. The second-order valence-corrected chi connectivity index (χ2v) is 9.51. The average Bonchev–Trinajstić information content (AvgIpc) is 3.42. The maximum Gasteiger partial charge on any atom is 0.407 e. The van der Waals surface area contributed by atoms with Crippen LogP contribution in [0.3, 0.4) is 0 Å². The molecular formula is C26H40N4O10. The molecular weight excluding hydrogens is 528 g/mol. The number of rotatable bonds is 19. The molecule has 2 rings (SSSR count). The van der Waals surface area contributed by atoms with E-state index in [9.17, 15) is 29.4 Å². The summed E-state index contributed by atoms with van der Waals surface area (Å²) in [6.07, 6.45) is 3.16. The molecule has 0 spiro atoms. The van der Waals surface area contributed by atoms with Crippen molar-refractivity contribution in [2.75, 3.05) is 26.3 Å². The quantitative estimate of drug-likeness (QED) is 0.105. The molecule has 1 saturated heterocycles. The van der Waals surface area contributed by atoms with Gasteiger partial charge in [0.2, 0.25) is 5.91 Å². The summed E-state index contributed by atoms with van der Waals surface area (Å²) in [5.41, 5.74) is 0.970. The third-order valence-electron chi connectivity index (χ3n) is 6.55. The lowest BCUT2D eigenvalue weighted by Gasteiger charge is -2.29. The van der Waals surface area contributed by atoms with Crippen LogP contribution in [0.5, 0.6) is 0 Å². The molecule has 2 amide bonds. The summed E-state index contributed by atoms with van der Waals surface area (Å²) in [5, 5.41) is 41.4. The molecule has 1 fully saturated rings. The second kappa shape index (κ2) is 18.1. The summed E-state index contributed by atoms with van der Waals surface area (Å²) >= 11 is 0. The number of amides is 2. The Hall–Kier alpha value is -3.30. The summed E-state index contributed by atoms with van der Waals surface area (Å²) in [6, 6.07) is 6.58. The largest absolute Gasteiger partial charge is 0.480 e. The van der Waals surface area contributed by atoms with E-state index >= 15 is 0 Å². The van der Waals surface area contributed by atoms with Crippen LogP contribution >= 0.6 is 0 Å². The zero-order chi connectivity index (χ0) is 29.3. The number of aryl methyl sites for hydroxylation is 1. The number of benzene rings is 1. The molecule has 0 aliphatic carbocycles. The number of nitrogens with one attached hydrogen (secondary N) is 2. The number of carboxylic acid groups (broad SMARTS) is 2. The van der Waals surface area contributed by atoms with Gasteiger partial charge < -0.3 is 25.2 Å². The van der Waals surface area contributed by atoms with Gasteiger partial charge in [-0.2, -0.15) is 0 Å². The van der Waals surface area contributed by atoms with Gasteiger partial charge in [0.25, 0.3) is 0 Å². The van der Waals surface area contributed by atoms with Gasteiger partial charge in [-0.3, -0.25) is 30.2 Å². The van der Waals surface area contributed by atoms with Crippen LogP contribution in [0.4, 0.5) is 4.79 Å².